The second kappa shape index (κ2) is 7.73. The number of benzene rings is 2. The Bertz CT molecular complexity index is 707. The van der Waals surface area contributed by atoms with E-state index in [4.69, 9.17) is 0 Å². The summed E-state index contributed by atoms with van der Waals surface area (Å²) in [5, 5.41) is 13.4. The summed E-state index contributed by atoms with van der Waals surface area (Å²) in [6.45, 7) is 1.88. The number of rotatable bonds is 6. The molecule has 2 aromatic carbocycles. The average molecular weight is 334 g/mol. The Morgan fingerprint density at radius 3 is 2.65 bits per heavy atom. The molecule has 0 spiro atoms. The van der Waals surface area contributed by atoms with Crippen LogP contribution in [0.25, 0.3) is 0 Å². The Morgan fingerprint density at radius 2 is 2.00 bits per heavy atom. The molecule has 7 heteroatoms. The predicted octanol–water partition coefficient (Wildman–Crippen LogP) is 4.17. The molecule has 0 saturated carbocycles. The van der Waals surface area contributed by atoms with E-state index >= 15 is 0 Å². The largest absolute Gasteiger partial charge is 0.325 e. The quantitative estimate of drug-likeness (QED) is 0.636. The number of halogens is 1. The highest BCUT2D eigenvalue weighted by Gasteiger charge is 2.13. The van der Waals surface area contributed by atoms with Gasteiger partial charge >= 0.3 is 0 Å². The average Bonchev–Trinajstić information content (AvgIpc) is 2.55. The van der Waals surface area contributed by atoms with Gasteiger partial charge in [0.2, 0.25) is 5.91 Å². The van der Waals surface area contributed by atoms with Crippen LogP contribution in [0.5, 0.6) is 0 Å². The SMILES string of the molecule is C[C@@H](SCC(=O)Nc1ccc(F)cc1)c1cccc([N+](=O)[O-])c1. The molecule has 2 rings (SSSR count). The fourth-order valence-electron chi connectivity index (χ4n) is 1.92. The summed E-state index contributed by atoms with van der Waals surface area (Å²) in [5.41, 5.74) is 1.35. The summed E-state index contributed by atoms with van der Waals surface area (Å²) in [7, 11) is 0. The Balaban J connectivity index is 1.89. The third kappa shape index (κ3) is 5.07. The second-order valence-corrected chi connectivity index (χ2v) is 6.19. The number of non-ortho nitro benzene ring substituents is 1. The lowest BCUT2D eigenvalue weighted by Gasteiger charge is -2.11. The normalized spacial score (nSPS) is 11.7. The fraction of sp³-hybridized carbons (Fsp3) is 0.188. The standard InChI is InChI=1S/C16H15FN2O3S/c1-11(12-3-2-4-15(9-12)19(21)22)23-10-16(20)18-14-7-5-13(17)6-8-14/h2-9,11H,10H2,1H3,(H,18,20)/t11-/m1/s1. The van der Waals surface area contributed by atoms with Gasteiger partial charge in [-0.15, -0.1) is 11.8 Å². The van der Waals surface area contributed by atoms with E-state index in [1.54, 1.807) is 12.1 Å². The van der Waals surface area contributed by atoms with E-state index < -0.39 is 4.92 Å². The van der Waals surface area contributed by atoms with Crippen molar-refractivity contribution < 1.29 is 14.1 Å². The molecule has 23 heavy (non-hydrogen) atoms. The lowest BCUT2D eigenvalue weighted by atomic mass is 10.1. The van der Waals surface area contributed by atoms with Crippen molar-refractivity contribution in [2.45, 2.75) is 12.2 Å². The van der Waals surface area contributed by atoms with Crippen LogP contribution in [0.1, 0.15) is 17.7 Å². The molecule has 0 saturated heterocycles. The van der Waals surface area contributed by atoms with Gasteiger partial charge in [-0.1, -0.05) is 12.1 Å². The predicted molar refractivity (Wildman–Crippen MR) is 89.0 cm³/mol. The van der Waals surface area contributed by atoms with Crippen LogP contribution in [0.15, 0.2) is 48.5 Å². The zero-order chi connectivity index (χ0) is 16.8. The third-order valence-corrected chi connectivity index (χ3v) is 4.34. The monoisotopic (exact) mass is 334 g/mol. The van der Waals surface area contributed by atoms with Crippen molar-refractivity contribution >= 4 is 29.0 Å². The first-order valence-corrected chi connectivity index (χ1v) is 7.92. The van der Waals surface area contributed by atoms with Gasteiger partial charge < -0.3 is 5.32 Å². The zero-order valence-corrected chi connectivity index (χ0v) is 13.2. The summed E-state index contributed by atoms with van der Waals surface area (Å²) in [6.07, 6.45) is 0. The summed E-state index contributed by atoms with van der Waals surface area (Å²) in [4.78, 5) is 22.2. The molecule has 0 radical (unpaired) electrons. The Kier molecular flexibility index (Phi) is 5.70. The molecule has 0 unspecified atom stereocenters. The highest BCUT2D eigenvalue weighted by atomic mass is 32.2. The number of nitro benzene ring substituents is 1. The molecule has 0 aliphatic carbocycles. The highest BCUT2D eigenvalue weighted by Crippen LogP contribution is 2.30. The molecular weight excluding hydrogens is 319 g/mol. The molecule has 0 aromatic heterocycles. The molecule has 0 bridgehead atoms. The van der Waals surface area contributed by atoms with Crippen LogP contribution in [0.2, 0.25) is 0 Å². The first-order valence-electron chi connectivity index (χ1n) is 6.87. The lowest BCUT2D eigenvalue weighted by molar-refractivity contribution is -0.384. The van der Waals surface area contributed by atoms with Crippen LogP contribution in [0.4, 0.5) is 15.8 Å². The van der Waals surface area contributed by atoms with Gasteiger partial charge in [-0.25, -0.2) is 4.39 Å². The van der Waals surface area contributed by atoms with E-state index in [0.29, 0.717) is 5.69 Å². The molecule has 0 aliphatic heterocycles. The molecule has 5 nitrogen and oxygen atoms in total. The Hall–Kier alpha value is -2.41. The smallest absolute Gasteiger partial charge is 0.269 e. The molecule has 1 amide bonds. The van der Waals surface area contributed by atoms with E-state index in [0.717, 1.165) is 5.56 Å². The number of amides is 1. The zero-order valence-electron chi connectivity index (χ0n) is 12.4. The number of hydrogen-bond acceptors (Lipinski definition) is 4. The lowest BCUT2D eigenvalue weighted by Crippen LogP contribution is -2.14. The van der Waals surface area contributed by atoms with Gasteiger partial charge in [0.25, 0.3) is 5.69 Å². The van der Waals surface area contributed by atoms with E-state index in [9.17, 15) is 19.3 Å². The molecule has 0 heterocycles. The van der Waals surface area contributed by atoms with Crippen LogP contribution in [0.3, 0.4) is 0 Å². The van der Waals surface area contributed by atoms with Crippen molar-refractivity contribution in [2.24, 2.45) is 0 Å². The topological polar surface area (TPSA) is 72.2 Å². The highest BCUT2D eigenvalue weighted by molar-refractivity contribution is 8.00. The van der Waals surface area contributed by atoms with Crippen LogP contribution >= 0.6 is 11.8 Å². The number of hydrogen-bond donors (Lipinski definition) is 1. The van der Waals surface area contributed by atoms with E-state index in [1.165, 1.54) is 48.2 Å². The molecule has 1 atom stereocenters. The number of anilines is 1. The minimum Gasteiger partial charge on any atom is -0.325 e. The van der Waals surface area contributed by atoms with Crippen LogP contribution < -0.4 is 5.32 Å². The van der Waals surface area contributed by atoms with Crippen molar-refractivity contribution in [1.29, 1.82) is 0 Å². The molecule has 0 aliphatic rings. The van der Waals surface area contributed by atoms with Gasteiger partial charge in [-0.05, 0) is 36.8 Å². The number of thioether (sulfide) groups is 1. The van der Waals surface area contributed by atoms with Crippen molar-refractivity contribution in [2.75, 3.05) is 11.1 Å². The van der Waals surface area contributed by atoms with Gasteiger partial charge in [0.15, 0.2) is 0 Å². The summed E-state index contributed by atoms with van der Waals surface area (Å²) in [6, 6.07) is 11.9. The van der Waals surface area contributed by atoms with Crippen molar-refractivity contribution in [3.05, 3.63) is 70.0 Å². The first kappa shape index (κ1) is 17.0. The molecule has 1 N–H and O–H groups in total. The summed E-state index contributed by atoms with van der Waals surface area (Å²) < 4.78 is 12.8. The van der Waals surface area contributed by atoms with E-state index in [2.05, 4.69) is 5.32 Å². The molecular formula is C16H15FN2O3S. The number of nitrogens with one attached hydrogen (secondary N) is 1. The van der Waals surface area contributed by atoms with Crippen molar-refractivity contribution in [1.82, 2.24) is 0 Å². The third-order valence-electron chi connectivity index (χ3n) is 3.14. The molecule has 120 valence electrons. The first-order chi connectivity index (χ1) is 11.0. The number of carbonyl (C=O) groups excluding carboxylic acids is 1. The number of nitro groups is 1. The summed E-state index contributed by atoms with van der Waals surface area (Å²) in [5.74, 6) is -0.378. The summed E-state index contributed by atoms with van der Waals surface area (Å²) >= 11 is 1.37. The van der Waals surface area contributed by atoms with Crippen LogP contribution in [-0.2, 0) is 4.79 Å². The maximum atomic E-state index is 12.8. The van der Waals surface area contributed by atoms with E-state index in [-0.39, 0.29) is 28.4 Å². The maximum Gasteiger partial charge on any atom is 0.269 e. The van der Waals surface area contributed by atoms with Gasteiger partial charge in [0.1, 0.15) is 5.82 Å². The minimum atomic E-state index is -0.442. The second-order valence-electron chi connectivity index (χ2n) is 4.86. The van der Waals surface area contributed by atoms with Crippen LogP contribution in [-0.4, -0.2) is 16.6 Å². The van der Waals surface area contributed by atoms with Gasteiger partial charge in [0, 0.05) is 23.1 Å². The van der Waals surface area contributed by atoms with Gasteiger partial charge in [-0.2, -0.15) is 0 Å². The fourth-order valence-corrected chi connectivity index (χ4v) is 2.73. The van der Waals surface area contributed by atoms with Gasteiger partial charge in [-0.3, -0.25) is 14.9 Å². The molecule has 0 fully saturated rings. The minimum absolute atomic E-state index is 0.0331. The van der Waals surface area contributed by atoms with Crippen molar-refractivity contribution in [3.8, 4) is 0 Å². The van der Waals surface area contributed by atoms with Crippen LogP contribution in [0, 0.1) is 15.9 Å². The molecule has 2 aromatic rings. The Morgan fingerprint density at radius 1 is 1.30 bits per heavy atom. The van der Waals surface area contributed by atoms with E-state index in [1.807, 2.05) is 6.92 Å². The number of carbonyl (C=O) groups is 1. The van der Waals surface area contributed by atoms with Crippen molar-refractivity contribution in [3.63, 3.8) is 0 Å². The number of nitrogens with zero attached hydrogens (tertiary/aromatic N) is 1. The maximum absolute atomic E-state index is 12.8. The Labute approximate surface area is 137 Å². The van der Waals surface area contributed by atoms with Gasteiger partial charge in [0.05, 0.1) is 10.7 Å².